The van der Waals surface area contributed by atoms with E-state index >= 15 is 0 Å². The Labute approximate surface area is 228 Å². The molecule has 0 aromatic heterocycles. The minimum atomic E-state index is -1.21. The van der Waals surface area contributed by atoms with Crippen LogP contribution in [0.2, 0.25) is 0 Å². The average Bonchev–Trinajstić information content (AvgIpc) is 3.30. The molecule has 1 fully saturated rings. The maximum absolute atomic E-state index is 13.4. The van der Waals surface area contributed by atoms with Gasteiger partial charge in [-0.3, -0.25) is 14.4 Å². The van der Waals surface area contributed by atoms with Crippen LogP contribution in [0.3, 0.4) is 0 Å². The number of phenolic OH excluding ortho intramolecular Hbond substituents is 1. The smallest absolute Gasteiger partial charge is 0.326 e. The number of benzene rings is 1. The average molecular weight is 551 g/mol. The fraction of sp³-hybridized carbons (Fsp3) is 0.615. The highest BCUT2D eigenvalue weighted by atomic mass is 16.4. The van der Waals surface area contributed by atoms with Gasteiger partial charge in [0, 0.05) is 19.4 Å². The van der Waals surface area contributed by atoms with E-state index in [9.17, 15) is 34.5 Å². The van der Waals surface area contributed by atoms with Crippen LogP contribution in [0, 0.1) is 0 Å². The number of aliphatic hydroxyl groups is 1. The fourth-order valence-electron chi connectivity index (χ4n) is 4.52. The van der Waals surface area contributed by atoms with Crippen LogP contribution in [0.25, 0.3) is 0 Å². The summed E-state index contributed by atoms with van der Waals surface area (Å²) in [7, 11) is 0. The highest BCUT2D eigenvalue weighted by Gasteiger charge is 2.41. The van der Waals surface area contributed by atoms with Gasteiger partial charge in [-0.15, -0.1) is 0 Å². The van der Waals surface area contributed by atoms with Gasteiger partial charge >= 0.3 is 5.97 Å². The standard InChI is InChI=1S/C26H42N6O7/c27-11-3-1-5-19(29)25(37)32-15-18(34)14-22(32)24(36)31-21(13-16-7-9-17(33)10-8-16)23(35)30-20(26(38)39)6-2-4-12-28/h7-10,18-22,33-34H,1-6,11-15,27-29H2,(H,30,35)(H,31,36)(H,38,39)/t18-,19+,20+,21+,22+/m1/s1. The van der Waals surface area contributed by atoms with Crippen molar-refractivity contribution in [2.24, 2.45) is 17.2 Å². The first-order valence-electron chi connectivity index (χ1n) is 13.3. The maximum atomic E-state index is 13.4. The van der Waals surface area contributed by atoms with Crippen molar-refractivity contribution in [2.45, 2.75) is 81.6 Å². The molecule has 1 saturated heterocycles. The Balaban J connectivity index is 2.20. The maximum Gasteiger partial charge on any atom is 0.326 e. The van der Waals surface area contributed by atoms with Gasteiger partial charge in [0.05, 0.1) is 12.1 Å². The molecule has 39 heavy (non-hydrogen) atoms. The largest absolute Gasteiger partial charge is 0.508 e. The number of nitrogens with two attached hydrogens (primary N) is 3. The molecule has 1 aliphatic heterocycles. The van der Waals surface area contributed by atoms with Gasteiger partial charge in [0.25, 0.3) is 0 Å². The molecule has 0 unspecified atom stereocenters. The van der Waals surface area contributed by atoms with Gasteiger partial charge in [0.1, 0.15) is 23.9 Å². The van der Waals surface area contributed by atoms with Crippen LogP contribution in [0.5, 0.6) is 5.75 Å². The van der Waals surface area contributed by atoms with E-state index in [0.29, 0.717) is 50.8 Å². The molecule has 0 spiro atoms. The lowest BCUT2D eigenvalue weighted by atomic mass is 10.0. The number of aromatic hydroxyl groups is 1. The zero-order valence-electron chi connectivity index (χ0n) is 22.1. The molecule has 0 radical (unpaired) electrons. The van der Waals surface area contributed by atoms with Gasteiger partial charge in [0.15, 0.2) is 0 Å². The number of carbonyl (C=O) groups excluding carboxylic acids is 3. The van der Waals surface area contributed by atoms with Gasteiger partial charge in [-0.2, -0.15) is 0 Å². The second-order valence-corrected chi connectivity index (χ2v) is 9.90. The molecule has 2 rings (SSSR count). The van der Waals surface area contributed by atoms with Crippen LogP contribution in [-0.2, 0) is 25.6 Å². The molecular weight excluding hydrogens is 508 g/mol. The summed E-state index contributed by atoms with van der Waals surface area (Å²) in [5, 5.41) is 34.5. The minimum Gasteiger partial charge on any atom is -0.508 e. The van der Waals surface area contributed by atoms with E-state index in [1.165, 1.54) is 17.0 Å². The van der Waals surface area contributed by atoms with Crippen LogP contribution in [0.1, 0.15) is 50.5 Å². The highest BCUT2D eigenvalue weighted by molar-refractivity contribution is 5.94. The predicted octanol–water partition coefficient (Wildman–Crippen LogP) is -1.46. The molecule has 1 heterocycles. The number of hydrogen-bond acceptors (Lipinski definition) is 9. The number of carbonyl (C=O) groups is 4. The van der Waals surface area contributed by atoms with Crippen LogP contribution < -0.4 is 27.8 Å². The number of unbranched alkanes of at least 4 members (excludes halogenated alkanes) is 2. The lowest BCUT2D eigenvalue weighted by Gasteiger charge is -2.28. The van der Waals surface area contributed by atoms with Crippen LogP contribution >= 0.6 is 0 Å². The Hall–Kier alpha value is -3.26. The molecule has 1 aromatic carbocycles. The number of aliphatic hydroxyl groups excluding tert-OH is 1. The lowest BCUT2D eigenvalue weighted by Crippen LogP contribution is -2.57. The molecule has 0 saturated carbocycles. The van der Waals surface area contributed by atoms with Crippen molar-refractivity contribution in [2.75, 3.05) is 19.6 Å². The van der Waals surface area contributed by atoms with E-state index < -0.39 is 54.0 Å². The predicted molar refractivity (Wildman–Crippen MR) is 143 cm³/mol. The van der Waals surface area contributed by atoms with Crippen molar-refractivity contribution in [1.82, 2.24) is 15.5 Å². The van der Waals surface area contributed by atoms with Crippen molar-refractivity contribution in [3.05, 3.63) is 29.8 Å². The van der Waals surface area contributed by atoms with Gasteiger partial charge < -0.3 is 48.1 Å². The molecule has 5 atom stereocenters. The fourth-order valence-corrected chi connectivity index (χ4v) is 4.52. The van der Waals surface area contributed by atoms with E-state index in [1.54, 1.807) is 12.1 Å². The first-order valence-corrected chi connectivity index (χ1v) is 13.3. The molecule has 3 amide bonds. The van der Waals surface area contributed by atoms with Crippen molar-refractivity contribution >= 4 is 23.7 Å². The zero-order valence-corrected chi connectivity index (χ0v) is 22.1. The Kier molecular flexibility index (Phi) is 13.1. The zero-order chi connectivity index (χ0) is 28.9. The summed E-state index contributed by atoms with van der Waals surface area (Å²) in [5.74, 6) is -3.05. The Morgan fingerprint density at radius 3 is 2.15 bits per heavy atom. The molecule has 1 aliphatic rings. The van der Waals surface area contributed by atoms with Gasteiger partial charge in [-0.1, -0.05) is 18.6 Å². The van der Waals surface area contributed by atoms with Crippen molar-refractivity contribution in [1.29, 1.82) is 0 Å². The molecule has 13 nitrogen and oxygen atoms in total. The van der Waals surface area contributed by atoms with Crippen LogP contribution in [0.4, 0.5) is 0 Å². The number of aliphatic carboxylic acids is 1. The number of phenols is 1. The Morgan fingerprint density at radius 2 is 1.56 bits per heavy atom. The van der Waals surface area contributed by atoms with E-state index in [1.807, 2.05) is 0 Å². The van der Waals surface area contributed by atoms with Gasteiger partial charge in [-0.25, -0.2) is 4.79 Å². The normalized spacial score (nSPS) is 19.2. The molecule has 0 bridgehead atoms. The summed E-state index contributed by atoms with van der Waals surface area (Å²) in [4.78, 5) is 52.5. The second kappa shape index (κ2) is 16.0. The van der Waals surface area contributed by atoms with E-state index in [2.05, 4.69) is 10.6 Å². The number of nitrogens with zero attached hydrogens (tertiary/aromatic N) is 1. The number of amides is 3. The third kappa shape index (κ3) is 10.1. The van der Waals surface area contributed by atoms with E-state index in [4.69, 9.17) is 17.2 Å². The topological polar surface area (TPSA) is 234 Å². The lowest BCUT2D eigenvalue weighted by molar-refractivity contribution is -0.143. The molecule has 0 aliphatic carbocycles. The number of carboxylic acids is 1. The SMILES string of the molecule is NCCCC[C@H](NC(=O)[C@H](Cc1ccc(O)cc1)NC(=O)[C@@H]1C[C@@H](O)CN1C(=O)[C@@H](N)CCCCN)C(=O)O. The second-order valence-electron chi connectivity index (χ2n) is 9.90. The summed E-state index contributed by atoms with van der Waals surface area (Å²) in [5.41, 5.74) is 17.6. The molecule has 11 N–H and O–H groups in total. The van der Waals surface area contributed by atoms with E-state index in [0.717, 1.165) is 0 Å². The van der Waals surface area contributed by atoms with Crippen molar-refractivity contribution < 1.29 is 34.5 Å². The van der Waals surface area contributed by atoms with Crippen LogP contribution in [0.15, 0.2) is 24.3 Å². The first-order chi connectivity index (χ1) is 18.6. The summed E-state index contributed by atoms with van der Waals surface area (Å²) >= 11 is 0. The molecule has 13 heteroatoms. The Bertz CT molecular complexity index is 961. The van der Waals surface area contributed by atoms with Crippen molar-refractivity contribution in [3.63, 3.8) is 0 Å². The highest BCUT2D eigenvalue weighted by Crippen LogP contribution is 2.21. The van der Waals surface area contributed by atoms with Crippen LogP contribution in [-0.4, -0.2) is 93.8 Å². The summed E-state index contributed by atoms with van der Waals surface area (Å²) in [6, 6.07) is 1.73. The number of carboxylic acid groups (broad SMARTS) is 1. The quantitative estimate of drug-likeness (QED) is 0.111. The summed E-state index contributed by atoms with van der Waals surface area (Å²) in [6.07, 6.45) is 1.99. The van der Waals surface area contributed by atoms with Gasteiger partial charge in [0.2, 0.25) is 17.7 Å². The molecule has 1 aromatic rings. The number of β-amino-alcohol motifs (C(OH)–C–C–N with tert-alkyl or cyclic N) is 1. The third-order valence-electron chi connectivity index (χ3n) is 6.72. The first kappa shape index (κ1) is 32.0. The summed E-state index contributed by atoms with van der Waals surface area (Å²) < 4.78 is 0. The minimum absolute atomic E-state index is 0.00514. The third-order valence-corrected chi connectivity index (χ3v) is 6.72. The van der Waals surface area contributed by atoms with Crippen molar-refractivity contribution in [3.8, 4) is 5.75 Å². The monoisotopic (exact) mass is 550 g/mol. The Morgan fingerprint density at radius 1 is 0.949 bits per heavy atom. The molecular formula is C26H42N6O7. The number of rotatable bonds is 16. The number of likely N-dealkylation sites (tertiary alicyclic amines) is 1. The van der Waals surface area contributed by atoms with E-state index in [-0.39, 0.29) is 31.6 Å². The molecule has 218 valence electrons. The van der Waals surface area contributed by atoms with Gasteiger partial charge in [-0.05, 0) is 62.9 Å². The number of hydrogen-bond donors (Lipinski definition) is 8. The number of nitrogens with one attached hydrogen (secondary N) is 2. The summed E-state index contributed by atoms with van der Waals surface area (Å²) in [6.45, 7) is 0.784.